The predicted molar refractivity (Wildman–Crippen MR) is 85.9 cm³/mol. The largest absolute Gasteiger partial charge is 0.294 e. The first-order chi connectivity index (χ1) is 10.9. The van der Waals surface area contributed by atoms with E-state index in [2.05, 4.69) is 6.92 Å². The van der Waals surface area contributed by atoms with Crippen LogP contribution in [0.5, 0.6) is 0 Å². The van der Waals surface area contributed by atoms with Crippen LogP contribution in [0.4, 0.5) is 8.78 Å². The zero-order valence-corrected chi connectivity index (χ0v) is 14.1. The number of hydrogen-bond donors (Lipinski definition) is 0. The highest BCUT2D eigenvalue weighted by molar-refractivity contribution is 5.96. The first-order valence-corrected chi connectivity index (χ1v) is 9.13. The van der Waals surface area contributed by atoms with Gasteiger partial charge in [-0.05, 0) is 73.3 Å². The van der Waals surface area contributed by atoms with Gasteiger partial charge in [0.25, 0.3) is 6.08 Å². The molecule has 0 bridgehead atoms. The lowest BCUT2D eigenvalue weighted by Crippen LogP contribution is -2.55. The lowest BCUT2D eigenvalue weighted by molar-refractivity contribution is -0.140. The molecule has 4 aliphatic rings. The maximum atomic E-state index is 13.7. The second-order valence-electron chi connectivity index (χ2n) is 8.79. The molecular weight excluding hydrogens is 294 g/mol. The topological polar surface area (TPSA) is 17.1 Å². The predicted octanol–water partition coefficient (Wildman–Crippen LogP) is 5.52. The minimum Gasteiger partial charge on any atom is -0.294 e. The normalized spacial score (nSPS) is 48.7. The summed E-state index contributed by atoms with van der Waals surface area (Å²) in [5, 5.41) is 0. The Kier molecular flexibility index (Phi) is 3.38. The highest BCUT2D eigenvalue weighted by atomic mass is 19.3. The van der Waals surface area contributed by atoms with Gasteiger partial charge >= 0.3 is 0 Å². The van der Waals surface area contributed by atoms with Crippen LogP contribution in [-0.4, -0.2) is 5.78 Å². The van der Waals surface area contributed by atoms with Crippen LogP contribution >= 0.6 is 0 Å². The van der Waals surface area contributed by atoms with Gasteiger partial charge in [0.1, 0.15) is 0 Å². The van der Waals surface area contributed by atoms with Gasteiger partial charge in [0.05, 0.1) is 0 Å². The fourth-order valence-corrected chi connectivity index (χ4v) is 6.77. The third-order valence-corrected chi connectivity index (χ3v) is 8.00. The summed E-state index contributed by atoms with van der Waals surface area (Å²) in [7, 11) is 0. The number of carbonyl (C=O) groups is 1. The number of allylic oxidation sites excluding steroid dienone is 3. The molecule has 0 aromatic carbocycles. The molecule has 6 atom stereocenters. The smallest absolute Gasteiger partial charge is 0.269 e. The molecule has 0 spiro atoms. The Bertz CT molecular complexity index is 603. The van der Waals surface area contributed by atoms with E-state index < -0.39 is 11.5 Å². The van der Waals surface area contributed by atoms with E-state index in [0.717, 1.165) is 19.3 Å². The first kappa shape index (κ1) is 15.5. The van der Waals surface area contributed by atoms with Gasteiger partial charge in [-0.1, -0.05) is 26.3 Å². The molecule has 0 saturated heterocycles. The Morgan fingerprint density at radius 2 is 1.96 bits per heavy atom. The fourth-order valence-electron chi connectivity index (χ4n) is 6.77. The lowest BCUT2D eigenvalue weighted by atomic mass is 9.45. The van der Waals surface area contributed by atoms with Gasteiger partial charge in [-0.25, -0.2) is 0 Å². The van der Waals surface area contributed by atoms with Gasteiger partial charge in [-0.15, -0.1) is 0 Å². The number of rotatable bonds is 0. The van der Waals surface area contributed by atoms with Crippen molar-refractivity contribution in [2.24, 2.45) is 34.5 Å². The van der Waals surface area contributed by atoms with Gasteiger partial charge in [-0.3, -0.25) is 4.79 Å². The maximum absolute atomic E-state index is 13.7. The van der Waals surface area contributed by atoms with E-state index in [1.807, 2.05) is 6.92 Å². The number of carbonyl (C=O) groups excluding carboxylic acids is 1. The highest BCUT2D eigenvalue weighted by Crippen LogP contribution is 2.66. The minimum atomic E-state index is -1.52. The molecular formula is C20H26F2O. The van der Waals surface area contributed by atoms with Crippen LogP contribution in [0, 0.1) is 34.5 Å². The maximum Gasteiger partial charge on any atom is 0.269 e. The molecule has 0 heterocycles. The third-order valence-electron chi connectivity index (χ3n) is 8.00. The van der Waals surface area contributed by atoms with Crippen LogP contribution < -0.4 is 0 Å². The molecule has 0 aliphatic heterocycles. The number of hydrogen-bond acceptors (Lipinski definition) is 1. The van der Waals surface area contributed by atoms with E-state index in [1.165, 1.54) is 12.8 Å². The SMILES string of the molecule is C[C@@]12CCC[C@H]1[C@@H]1CC(=C(F)F)C3CC=CC(=O)[C@]3(C)[C@H]1CC2. The first-order valence-electron chi connectivity index (χ1n) is 9.13. The summed E-state index contributed by atoms with van der Waals surface area (Å²) in [6.07, 6.45) is 8.86. The van der Waals surface area contributed by atoms with Crippen LogP contribution in [0.3, 0.4) is 0 Å². The molecule has 3 heteroatoms. The standard InChI is InChI=1S/C20H26F2O/c1-19-9-4-6-14(19)12-11-13(18(21)22)15-5-3-7-17(23)20(15,2)16(12)8-10-19/h3,7,12,14-16H,4-6,8-11H2,1-2H3/t12-,14-,15?,16-,19-,20-/m0/s1. The minimum absolute atomic E-state index is 0.0869. The molecule has 0 aromatic heterocycles. The van der Waals surface area contributed by atoms with Crippen molar-refractivity contribution in [2.75, 3.05) is 0 Å². The summed E-state index contributed by atoms with van der Waals surface area (Å²) in [6, 6.07) is 0. The second-order valence-corrected chi connectivity index (χ2v) is 8.79. The van der Waals surface area contributed by atoms with Crippen LogP contribution in [0.15, 0.2) is 23.8 Å². The summed E-state index contributed by atoms with van der Waals surface area (Å²) in [4.78, 5) is 12.8. The van der Waals surface area contributed by atoms with Gasteiger partial charge in [0.2, 0.25) is 0 Å². The van der Waals surface area contributed by atoms with E-state index in [0.29, 0.717) is 29.7 Å². The molecule has 3 fully saturated rings. The number of fused-ring (bicyclic) bond motifs is 5. The van der Waals surface area contributed by atoms with E-state index in [4.69, 9.17) is 0 Å². The Hall–Kier alpha value is -0.990. The van der Waals surface area contributed by atoms with Gasteiger partial charge < -0.3 is 0 Å². The molecule has 4 rings (SSSR count). The summed E-state index contributed by atoms with van der Waals surface area (Å²) in [5.41, 5.74) is -0.00140. The molecule has 0 aromatic rings. The molecule has 4 aliphatic carbocycles. The molecule has 0 amide bonds. The van der Waals surface area contributed by atoms with Crippen molar-refractivity contribution in [3.63, 3.8) is 0 Å². The quantitative estimate of drug-likeness (QED) is 0.574. The molecule has 0 radical (unpaired) electrons. The summed E-state index contributed by atoms with van der Waals surface area (Å²) < 4.78 is 27.5. The monoisotopic (exact) mass is 320 g/mol. The number of ketones is 1. The zero-order valence-electron chi connectivity index (χ0n) is 14.1. The molecule has 0 N–H and O–H groups in total. The molecule has 1 nitrogen and oxygen atoms in total. The van der Waals surface area contributed by atoms with Gasteiger partial charge in [0, 0.05) is 11.3 Å². The van der Waals surface area contributed by atoms with Crippen molar-refractivity contribution >= 4 is 5.78 Å². The highest BCUT2D eigenvalue weighted by Gasteiger charge is 2.61. The molecule has 1 unspecified atom stereocenters. The Labute approximate surface area is 137 Å². The van der Waals surface area contributed by atoms with Crippen molar-refractivity contribution in [3.8, 4) is 0 Å². The van der Waals surface area contributed by atoms with E-state index in [1.54, 1.807) is 12.2 Å². The average molecular weight is 320 g/mol. The van der Waals surface area contributed by atoms with E-state index in [9.17, 15) is 13.6 Å². The summed E-state index contributed by atoms with van der Waals surface area (Å²) >= 11 is 0. The summed E-state index contributed by atoms with van der Waals surface area (Å²) in [5.74, 6) is 0.876. The van der Waals surface area contributed by atoms with E-state index in [-0.39, 0.29) is 23.5 Å². The van der Waals surface area contributed by atoms with Gasteiger partial charge in [0.15, 0.2) is 5.78 Å². The molecule has 23 heavy (non-hydrogen) atoms. The van der Waals surface area contributed by atoms with E-state index >= 15 is 0 Å². The van der Waals surface area contributed by atoms with Gasteiger partial charge in [-0.2, -0.15) is 8.78 Å². The molecule has 3 saturated carbocycles. The van der Waals surface area contributed by atoms with Crippen molar-refractivity contribution in [3.05, 3.63) is 23.8 Å². The van der Waals surface area contributed by atoms with Crippen molar-refractivity contribution in [1.82, 2.24) is 0 Å². The van der Waals surface area contributed by atoms with Crippen LogP contribution in [0.25, 0.3) is 0 Å². The third kappa shape index (κ3) is 1.97. The molecule has 126 valence electrons. The van der Waals surface area contributed by atoms with Crippen LogP contribution in [0.2, 0.25) is 0 Å². The number of halogens is 2. The van der Waals surface area contributed by atoms with Crippen LogP contribution in [-0.2, 0) is 4.79 Å². The lowest BCUT2D eigenvalue weighted by Gasteiger charge is -2.58. The Morgan fingerprint density at radius 1 is 1.17 bits per heavy atom. The zero-order chi connectivity index (χ0) is 16.4. The second kappa shape index (κ2) is 5.00. The van der Waals surface area contributed by atoms with Crippen LogP contribution in [0.1, 0.15) is 58.8 Å². The average Bonchev–Trinajstić information content (AvgIpc) is 2.89. The Balaban J connectivity index is 1.82. The fraction of sp³-hybridized carbons (Fsp3) is 0.750. The van der Waals surface area contributed by atoms with Crippen molar-refractivity contribution < 1.29 is 13.6 Å². The Morgan fingerprint density at radius 3 is 2.70 bits per heavy atom. The van der Waals surface area contributed by atoms with Crippen molar-refractivity contribution in [1.29, 1.82) is 0 Å². The van der Waals surface area contributed by atoms with Crippen molar-refractivity contribution in [2.45, 2.75) is 58.8 Å². The summed E-state index contributed by atoms with van der Waals surface area (Å²) in [6.45, 7) is 4.34.